The Morgan fingerprint density at radius 1 is 0.920 bits per heavy atom. The van der Waals surface area contributed by atoms with Crippen LogP contribution in [0.5, 0.6) is 0 Å². The Hall–Kier alpha value is -4.98. The van der Waals surface area contributed by atoms with Crippen molar-refractivity contribution in [3.05, 3.63) is 83.8 Å². The molecule has 0 radical (unpaired) electrons. The van der Waals surface area contributed by atoms with Crippen LogP contribution in [0.2, 0.25) is 0 Å². The fourth-order valence-electron chi connectivity index (χ4n) is 5.90. The van der Waals surface area contributed by atoms with Crippen LogP contribution in [0.4, 0.5) is 32.2 Å². The fraction of sp³-hybridized carbons (Fsp3) is 0.389. The van der Waals surface area contributed by atoms with Crippen LogP contribution in [0.25, 0.3) is 10.9 Å². The normalized spacial score (nSPS) is 16.7. The quantitative estimate of drug-likeness (QED) is 0.119. The number of halogens is 1. The molecule has 2 heterocycles. The number of pyridine rings is 2. The number of nitrogens with zero attached hydrogens (tertiary/aromatic N) is 2. The number of aromatic nitrogens is 2. The van der Waals surface area contributed by atoms with Crippen LogP contribution < -0.4 is 26.0 Å². The number of rotatable bonds is 10. The van der Waals surface area contributed by atoms with Gasteiger partial charge in [0.15, 0.2) is 11.6 Å². The van der Waals surface area contributed by atoms with Gasteiger partial charge >= 0.3 is 6.09 Å². The molecule has 2 atom stereocenters. The Labute approximate surface area is 292 Å². The molecule has 2 aromatic heterocycles. The molecule has 1 aliphatic carbocycles. The maximum Gasteiger partial charge on any atom is 0.407 e. The van der Waals surface area contributed by atoms with Crippen molar-refractivity contribution in [2.45, 2.75) is 83.5 Å². The summed E-state index contributed by atoms with van der Waals surface area (Å²) in [5.74, 6) is -1.33. The second kappa shape index (κ2) is 14.5. The lowest BCUT2D eigenvalue weighted by Crippen LogP contribution is -2.50. The molecular formula is C36H44FN7O5S. The maximum absolute atomic E-state index is 15.9. The van der Waals surface area contributed by atoms with Crippen LogP contribution in [0, 0.1) is 5.82 Å². The third kappa shape index (κ3) is 9.37. The summed E-state index contributed by atoms with van der Waals surface area (Å²) in [6.07, 6.45) is 5.04. The molecule has 0 unspecified atom stereocenters. The molecular weight excluding hydrogens is 662 g/mol. The van der Waals surface area contributed by atoms with E-state index in [0.717, 1.165) is 30.7 Å². The van der Waals surface area contributed by atoms with Gasteiger partial charge in [-0.1, -0.05) is 55.3 Å². The van der Waals surface area contributed by atoms with Gasteiger partial charge in [0.1, 0.15) is 11.4 Å². The molecule has 5 N–H and O–H groups in total. The Bertz CT molecular complexity index is 1980. The molecule has 0 saturated heterocycles. The number of carbonyl (C=O) groups is 2. The average Bonchev–Trinajstić information content (AvgIpc) is 3.02. The van der Waals surface area contributed by atoms with Gasteiger partial charge in [0.2, 0.25) is 10.0 Å². The minimum absolute atomic E-state index is 0.0447. The van der Waals surface area contributed by atoms with E-state index in [1.807, 2.05) is 44.2 Å². The molecule has 2 amide bonds. The summed E-state index contributed by atoms with van der Waals surface area (Å²) in [5, 5.41) is 12.9. The lowest BCUT2D eigenvalue weighted by Gasteiger charge is -2.34. The van der Waals surface area contributed by atoms with E-state index in [2.05, 4.69) is 36.0 Å². The van der Waals surface area contributed by atoms with Gasteiger partial charge in [-0.15, -0.1) is 0 Å². The second-order valence-corrected chi connectivity index (χ2v) is 15.8. The number of amides is 2. The van der Waals surface area contributed by atoms with Crippen molar-refractivity contribution in [3.63, 3.8) is 0 Å². The molecule has 1 fully saturated rings. The van der Waals surface area contributed by atoms with Gasteiger partial charge in [0.25, 0.3) is 5.91 Å². The van der Waals surface area contributed by atoms with E-state index >= 15 is 4.39 Å². The number of hydrogen-bond acceptors (Lipinski definition) is 9. The number of sulfonamides is 1. The Morgan fingerprint density at radius 3 is 2.30 bits per heavy atom. The standard InChI is InChI=1S/C36H44FN7O5S/c1-35(2,3)49-34(46)41-28-17-11-10-16-27(28)40-32-26(37)20-25(33(45)43-36(4,5)23-14-8-7-9-15-23)31(42-32)39-24-19-22-13-12-18-29(30(22)38-21-24)44-50(6,47)48/h7-9,12-15,18-21,27-28,44H,10-11,16-17H2,1-6H3,(H,41,46)(H,43,45)(H2,39,40,42)/t27-,28+/m0/s1. The van der Waals surface area contributed by atoms with Crippen LogP contribution in [-0.2, 0) is 20.3 Å². The number of ether oxygens (including phenoxy) is 1. The highest BCUT2D eigenvalue weighted by Crippen LogP contribution is 2.31. The molecule has 1 saturated carbocycles. The van der Waals surface area contributed by atoms with Crippen LogP contribution in [0.1, 0.15) is 76.2 Å². The minimum Gasteiger partial charge on any atom is -0.444 e. The lowest BCUT2D eigenvalue weighted by atomic mass is 9.90. The van der Waals surface area contributed by atoms with Crippen molar-refractivity contribution in [3.8, 4) is 0 Å². The molecule has 1 aliphatic rings. The van der Waals surface area contributed by atoms with Gasteiger partial charge in [-0.3, -0.25) is 14.5 Å². The van der Waals surface area contributed by atoms with Crippen molar-refractivity contribution in [2.75, 3.05) is 21.6 Å². The van der Waals surface area contributed by atoms with E-state index in [0.29, 0.717) is 35.1 Å². The number of benzene rings is 2. The van der Waals surface area contributed by atoms with Gasteiger partial charge in [-0.2, -0.15) is 0 Å². The molecule has 5 rings (SSSR count). The van der Waals surface area contributed by atoms with E-state index in [1.165, 1.54) is 6.20 Å². The van der Waals surface area contributed by atoms with Crippen molar-refractivity contribution in [1.29, 1.82) is 0 Å². The summed E-state index contributed by atoms with van der Waals surface area (Å²) >= 11 is 0. The summed E-state index contributed by atoms with van der Waals surface area (Å²) in [5.41, 5.74) is 0.487. The van der Waals surface area contributed by atoms with Gasteiger partial charge in [0.05, 0.1) is 46.5 Å². The molecule has 4 aromatic rings. The average molecular weight is 706 g/mol. The van der Waals surface area contributed by atoms with Crippen molar-refractivity contribution in [2.24, 2.45) is 0 Å². The first-order valence-corrected chi connectivity index (χ1v) is 18.3. The topological polar surface area (TPSA) is 163 Å². The van der Waals surface area contributed by atoms with Gasteiger partial charge in [0, 0.05) is 11.4 Å². The number of para-hydroxylation sites is 1. The van der Waals surface area contributed by atoms with Crippen LogP contribution in [0.15, 0.2) is 66.9 Å². The zero-order valence-electron chi connectivity index (χ0n) is 29.1. The molecule has 50 heavy (non-hydrogen) atoms. The van der Waals surface area contributed by atoms with Gasteiger partial charge < -0.3 is 26.0 Å². The second-order valence-electron chi connectivity index (χ2n) is 14.0. The third-order valence-electron chi connectivity index (χ3n) is 8.20. The number of anilines is 4. The number of carbonyl (C=O) groups excluding carboxylic acids is 2. The van der Waals surface area contributed by atoms with Crippen LogP contribution in [0.3, 0.4) is 0 Å². The highest BCUT2D eigenvalue weighted by atomic mass is 32.2. The smallest absolute Gasteiger partial charge is 0.407 e. The lowest BCUT2D eigenvalue weighted by molar-refractivity contribution is 0.0488. The predicted molar refractivity (Wildman–Crippen MR) is 194 cm³/mol. The Morgan fingerprint density at radius 2 is 1.62 bits per heavy atom. The maximum atomic E-state index is 15.9. The summed E-state index contributed by atoms with van der Waals surface area (Å²) in [6.45, 7) is 9.05. The summed E-state index contributed by atoms with van der Waals surface area (Å²) < 4.78 is 47.7. The fourth-order valence-corrected chi connectivity index (χ4v) is 6.46. The molecule has 0 bridgehead atoms. The van der Waals surface area contributed by atoms with E-state index < -0.39 is 39.0 Å². The largest absolute Gasteiger partial charge is 0.444 e. The van der Waals surface area contributed by atoms with Crippen molar-refractivity contribution >= 4 is 55.9 Å². The van der Waals surface area contributed by atoms with E-state index in [9.17, 15) is 18.0 Å². The molecule has 0 spiro atoms. The SMILES string of the molecule is CC(C)(C)OC(=O)N[C@@H]1CCCC[C@@H]1Nc1nc(Nc2cnc3c(NS(C)(=O)=O)cccc3c2)c(C(=O)NC(C)(C)c2ccccc2)cc1F. The summed E-state index contributed by atoms with van der Waals surface area (Å²) in [6, 6.07) is 16.6. The molecule has 0 aliphatic heterocycles. The predicted octanol–water partition coefficient (Wildman–Crippen LogP) is 6.80. The Balaban J connectivity index is 1.49. The first kappa shape index (κ1) is 36.3. The highest BCUT2D eigenvalue weighted by Gasteiger charge is 2.31. The third-order valence-corrected chi connectivity index (χ3v) is 8.79. The molecule has 2 aromatic carbocycles. The summed E-state index contributed by atoms with van der Waals surface area (Å²) in [7, 11) is -3.55. The highest BCUT2D eigenvalue weighted by molar-refractivity contribution is 7.92. The first-order chi connectivity index (χ1) is 23.5. The van der Waals surface area contributed by atoms with Crippen molar-refractivity contribution < 1.29 is 27.1 Å². The minimum atomic E-state index is -3.55. The van der Waals surface area contributed by atoms with E-state index in [1.54, 1.807) is 45.0 Å². The van der Waals surface area contributed by atoms with Crippen LogP contribution in [-0.4, -0.2) is 54.3 Å². The van der Waals surface area contributed by atoms with E-state index in [4.69, 9.17) is 4.74 Å². The van der Waals surface area contributed by atoms with Crippen molar-refractivity contribution in [1.82, 2.24) is 20.6 Å². The number of fused-ring (bicyclic) bond motifs is 1. The molecule has 266 valence electrons. The zero-order valence-corrected chi connectivity index (χ0v) is 29.9. The van der Waals surface area contributed by atoms with Gasteiger partial charge in [-0.25, -0.2) is 22.6 Å². The monoisotopic (exact) mass is 705 g/mol. The number of hydrogen-bond donors (Lipinski definition) is 5. The molecule has 14 heteroatoms. The van der Waals surface area contributed by atoms with Crippen LogP contribution >= 0.6 is 0 Å². The zero-order chi connectivity index (χ0) is 36.3. The number of alkyl carbamates (subject to hydrolysis) is 1. The summed E-state index contributed by atoms with van der Waals surface area (Å²) in [4.78, 5) is 35.5. The van der Waals surface area contributed by atoms with Gasteiger partial charge in [-0.05, 0) is 71.2 Å². The Kier molecular flexibility index (Phi) is 10.5. The number of nitrogens with one attached hydrogen (secondary N) is 5. The van der Waals surface area contributed by atoms with E-state index in [-0.39, 0.29) is 29.3 Å². The molecule has 12 nitrogen and oxygen atoms in total. The first-order valence-electron chi connectivity index (χ1n) is 16.5.